The number of nitro benzene ring substituents is 1. The first-order valence-electron chi connectivity index (χ1n) is 8.60. The van der Waals surface area contributed by atoms with Crippen molar-refractivity contribution in [3.63, 3.8) is 0 Å². The Kier molecular flexibility index (Phi) is 5.71. The summed E-state index contributed by atoms with van der Waals surface area (Å²) in [5.74, 6) is -0.576. The van der Waals surface area contributed by atoms with Crippen molar-refractivity contribution in [3.8, 4) is 0 Å². The fourth-order valence-electron chi connectivity index (χ4n) is 2.97. The van der Waals surface area contributed by atoms with Gasteiger partial charge in [-0.25, -0.2) is 0 Å². The van der Waals surface area contributed by atoms with Crippen LogP contribution in [0.1, 0.15) is 40.0 Å². The molecule has 0 atom stereocenters. The molecule has 1 fully saturated rings. The van der Waals surface area contributed by atoms with Gasteiger partial charge in [-0.05, 0) is 49.6 Å². The zero-order chi connectivity index (χ0) is 19.4. The Morgan fingerprint density at radius 1 is 1.04 bits per heavy atom. The minimum atomic E-state index is -0.589. The van der Waals surface area contributed by atoms with Crippen LogP contribution >= 0.6 is 11.6 Å². The average Bonchev–Trinajstić information content (AvgIpc) is 2.68. The number of non-ortho nitro benzene ring substituents is 1. The number of rotatable bonds is 4. The molecule has 3 rings (SSSR count). The van der Waals surface area contributed by atoms with Gasteiger partial charge in [-0.15, -0.1) is 0 Å². The zero-order valence-corrected chi connectivity index (χ0v) is 15.2. The zero-order valence-electron chi connectivity index (χ0n) is 14.5. The van der Waals surface area contributed by atoms with Crippen LogP contribution in [0.15, 0.2) is 42.5 Å². The van der Waals surface area contributed by atoms with Crippen LogP contribution in [0.4, 0.5) is 11.4 Å². The van der Waals surface area contributed by atoms with Crippen molar-refractivity contribution in [3.05, 3.63) is 68.7 Å². The summed E-state index contributed by atoms with van der Waals surface area (Å²) in [5, 5.41) is 13.6. The number of anilines is 1. The lowest BCUT2D eigenvalue weighted by Gasteiger charge is -2.26. The number of nitrogens with one attached hydrogen (secondary N) is 1. The van der Waals surface area contributed by atoms with Crippen LogP contribution in [0.5, 0.6) is 0 Å². The first kappa shape index (κ1) is 18.8. The molecule has 2 amide bonds. The number of nitrogens with zero attached hydrogens (tertiary/aromatic N) is 2. The Morgan fingerprint density at radius 3 is 2.33 bits per heavy atom. The Morgan fingerprint density at radius 2 is 1.70 bits per heavy atom. The van der Waals surface area contributed by atoms with E-state index in [1.54, 1.807) is 24.3 Å². The average molecular weight is 388 g/mol. The summed E-state index contributed by atoms with van der Waals surface area (Å²) in [5.41, 5.74) is 0.826. The molecule has 1 N–H and O–H groups in total. The number of likely N-dealkylation sites (tertiary alicyclic amines) is 1. The van der Waals surface area contributed by atoms with E-state index in [2.05, 4.69) is 5.32 Å². The summed E-state index contributed by atoms with van der Waals surface area (Å²) in [6, 6.07) is 10.2. The van der Waals surface area contributed by atoms with E-state index in [0.717, 1.165) is 38.4 Å². The third-order valence-corrected chi connectivity index (χ3v) is 4.77. The second-order valence-electron chi connectivity index (χ2n) is 6.31. The van der Waals surface area contributed by atoms with E-state index in [4.69, 9.17) is 11.6 Å². The van der Waals surface area contributed by atoms with Gasteiger partial charge in [-0.2, -0.15) is 0 Å². The molecule has 0 bridgehead atoms. The molecule has 2 aromatic rings. The van der Waals surface area contributed by atoms with E-state index < -0.39 is 10.8 Å². The van der Waals surface area contributed by atoms with Gasteiger partial charge in [0.15, 0.2) is 0 Å². The predicted molar refractivity (Wildman–Crippen MR) is 102 cm³/mol. The molecule has 0 unspecified atom stereocenters. The van der Waals surface area contributed by atoms with Gasteiger partial charge in [0.25, 0.3) is 17.5 Å². The van der Waals surface area contributed by atoms with Crippen LogP contribution in [0.25, 0.3) is 0 Å². The lowest BCUT2D eigenvalue weighted by molar-refractivity contribution is -0.384. The van der Waals surface area contributed by atoms with Gasteiger partial charge in [-0.3, -0.25) is 19.7 Å². The smallest absolute Gasteiger partial charge is 0.270 e. The van der Waals surface area contributed by atoms with Crippen LogP contribution in [-0.4, -0.2) is 34.7 Å². The molecule has 1 saturated heterocycles. The Bertz CT molecular complexity index is 877. The van der Waals surface area contributed by atoms with Gasteiger partial charge < -0.3 is 10.2 Å². The fraction of sp³-hybridized carbons (Fsp3) is 0.263. The molecule has 1 heterocycles. The molecule has 27 heavy (non-hydrogen) atoms. The molecule has 1 aliphatic heterocycles. The topological polar surface area (TPSA) is 92.6 Å². The number of nitro groups is 1. The van der Waals surface area contributed by atoms with Crippen molar-refractivity contribution in [1.29, 1.82) is 0 Å². The summed E-state index contributed by atoms with van der Waals surface area (Å²) < 4.78 is 0. The Balaban J connectivity index is 1.71. The minimum absolute atomic E-state index is 0.0133. The van der Waals surface area contributed by atoms with Gasteiger partial charge in [0.05, 0.1) is 15.5 Å². The number of halogens is 1. The number of carbonyl (C=O) groups is 2. The molecule has 0 spiro atoms. The van der Waals surface area contributed by atoms with Crippen LogP contribution in [0.2, 0.25) is 5.02 Å². The summed E-state index contributed by atoms with van der Waals surface area (Å²) in [7, 11) is 0. The third-order valence-electron chi connectivity index (χ3n) is 4.44. The van der Waals surface area contributed by atoms with Crippen molar-refractivity contribution in [2.24, 2.45) is 0 Å². The third kappa shape index (κ3) is 4.43. The van der Waals surface area contributed by atoms with E-state index >= 15 is 0 Å². The summed E-state index contributed by atoms with van der Waals surface area (Å²) in [6.45, 7) is 1.53. The minimum Gasteiger partial charge on any atom is -0.339 e. The number of hydrogen-bond acceptors (Lipinski definition) is 4. The highest BCUT2D eigenvalue weighted by Crippen LogP contribution is 2.23. The molecular formula is C19H18ClN3O4. The van der Waals surface area contributed by atoms with Crippen LogP contribution in [0, 0.1) is 10.1 Å². The standard InChI is InChI=1S/C19H18ClN3O4/c20-17-9-8-15(23(26)27)12-16(17)18(24)21-14-6-4-13(5-7-14)19(25)22-10-2-1-3-11-22/h4-9,12H,1-3,10-11H2,(H,21,24). The fourth-order valence-corrected chi connectivity index (χ4v) is 3.18. The number of carbonyl (C=O) groups excluding carboxylic acids is 2. The van der Waals surface area contributed by atoms with Gasteiger partial charge in [0, 0.05) is 36.5 Å². The molecule has 7 nitrogen and oxygen atoms in total. The molecule has 0 saturated carbocycles. The van der Waals surface area contributed by atoms with Crippen molar-refractivity contribution in [1.82, 2.24) is 4.90 Å². The van der Waals surface area contributed by atoms with E-state index in [1.807, 2.05) is 4.90 Å². The number of amides is 2. The molecule has 8 heteroatoms. The highest BCUT2D eigenvalue weighted by molar-refractivity contribution is 6.34. The maximum absolute atomic E-state index is 12.5. The second-order valence-corrected chi connectivity index (χ2v) is 6.71. The largest absolute Gasteiger partial charge is 0.339 e. The molecule has 1 aliphatic rings. The van der Waals surface area contributed by atoms with E-state index in [1.165, 1.54) is 12.1 Å². The second kappa shape index (κ2) is 8.18. The quantitative estimate of drug-likeness (QED) is 0.630. The van der Waals surface area contributed by atoms with Gasteiger partial charge in [-0.1, -0.05) is 11.6 Å². The van der Waals surface area contributed by atoms with Crippen molar-refractivity contribution >= 4 is 34.8 Å². The molecule has 140 valence electrons. The maximum atomic E-state index is 12.5. The highest BCUT2D eigenvalue weighted by atomic mass is 35.5. The summed E-state index contributed by atoms with van der Waals surface area (Å²) >= 11 is 5.98. The summed E-state index contributed by atoms with van der Waals surface area (Å²) in [6.07, 6.45) is 3.18. The van der Waals surface area contributed by atoms with E-state index in [9.17, 15) is 19.7 Å². The molecular weight excluding hydrogens is 370 g/mol. The Labute approximate surface area is 161 Å². The van der Waals surface area contributed by atoms with Gasteiger partial charge in [0.2, 0.25) is 0 Å². The van der Waals surface area contributed by atoms with Crippen molar-refractivity contribution in [2.45, 2.75) is 19.3 Å². The highest BCUT2D eigenvalue weighted by Gasteiger charge is 2.19. The van der Waals surface area contributed by atoms with Crippen LogP contribution in [0.3, 0.4) is 0 Å². The Hall–Kier alpha value is -2.93. The normalized spacial score (nSPS) is 13.9. The van der Waals surface area contributed by atoms with Crippen molar-refractivity contribution in [2.75, 3.05) is 18.4 Å². The molecule has 0 aromatic heterocycles. The monoisotopic (exact) mass is 387 g/mol. The predicted octanol–water partition coefficient (Wildman–Crippen LogP) is 4.13. The number of benzene rings is 2. The van der Waals surface area contributed by atoms with Crippen LogP contribution < -0.4 is 5.32 Å². The van der Waals surface area contributed by atoms with Gasteiger partial charge in [0.1, 0.15) is 0 Å². The number of hydrogen-bond donors (Lipinski definition) is 1. The number of piperidine rings is 1. The van der Waals surface area contributed by atoms with Crippen LogP contribution in [-0.2, 0) is 0 Å². The van der Waals surface area contributed by atoms with Gasteiger partial charge >= 0.3 is 0 Å². The first-order chi connectivity index (χ1) is 13.0. The lowest BCUT2D eigenvalue weighted by Crippen LogP contribution is -2.35. The summed E-state index contributed by atoms with van der Waals surface area (Å²) in [4.78, 5) is 37.0. The first-order valence-corrected chi connectivity index (χ1v) is 8.98. The van der Waals surface area contributed by atoms with E-state index in [-0.39, 0.29) is 22.2 Å². The molecule has 0 aliphatic carbocycles. The molecule has 0 radical (unpaired) electrons. The molecule has 2 aromatic carbocycles. The SMILES string of the molecule is O=C(Nc1ccc(C(=O)N2CCCCC2)cc1)c1cc([N+](=O)[O-])ccc1Cl. The van der Waals surface area contributed by atoms with E-state index in [0.29, 0.717) is 11.3 Å². The lowest BCUT2D eigenvalue weighted by atomic mass is 10.1. The van der Waals surface area contributed by atoms with Crippen molar-refractivity contribution < 1.29 is 14.5 Å². The maximum Gasteiger partial charge on any atom is 0.270 e.